The molecule has 3 aromatic rings. The van der Waals surface area contributed by atoms with Gasteiger partial charge in [0.05, 0.1) is 17.0 Å². The third-order valence-electron chi connectivity index (χ3n) is 9.35. The number of likely N-dealkylation sites (N-methyl/N-ethyl adjacent to an activating group) is 1. The Labute approximate surface area is 234 Å². The van der Waals surface area contributed by atoms with Gasteiger partial charge in [-0.1, -0.05) is 56.3 Å². The first-order valence-electron chi connectivity index (χ1n) is 14.1. The zero-order valence-corrected chi connectivity index (χ0v) is 23.2. The van der Waals surface area contributed by atoms with Crippen LogP contribution in [-0.4, -0.2) is 58.2 Å². The van der Waals surface area contributed by atoms with Gasteiger partial charge in [0.2, 0.25) is 17.7 Å². The molecule has 2 aliphatic heterocycles. The number of hydrogen-bond donors (Lipinski definition) is 2. The maximum absolute atomic E-state index is 14.0. The first-order chi connectivity index (χ1) is 19.3. The van der Waals surface area contributed by atoms with Crippen LogP contribution in [0.3, 0.4) is 0 Å². The van der Waals surface area contributed by atoms with Gasteiger partial charge in [-0.05, 0) is 67.6 Å². The monoisotopic (exact) mass is 537 g/mol. The van der Waals surface area contributed by atoms with Gasteiger partial charge >= 0.3 is 0 Å². The minimum atomic E-state index is -0.659. The number of hydrogen-bond acceptors (Lipinski definition) is 5. The molecule has 0 bridgehead atoms. The molecular formula is C32H35N5O3. The number of carbonyl (C=O) groups is 3. The van der Waals surface area contributed by atoms with Crippen LogP contribution >= 0.6 is 0 Å². The summed E-state index contributed by atoms with van der Waals surface area (Å²) in [5, 5.41) is 5.97. The predicted octanol–water partition coefficient (Wildman–Crippen LogP) is 4.08. The molecule has 3 amide bonds. The van der Waals surface area contributed by atoms with Crippen LogP contribution in [0.4, 0.5) is 11.5 Å². The van der Waals surface area contributed by atoms with E-state index < -0.39 is 11.0 Å². The molecule has 0 saturated carbocycles. The fraction of sp³-hybridized carbons (Fsp3) is 0.375. The molecule has 8 heteroatoms. The molecule has 1 saturated heterocycles. The van der Waals surface area contributed by atoms with Gasteiger partial charge in [-0.2, -0.15) is 0 Å². The van der Waals surface area contributed by atoms with Crippen molar-refractivity contribution in [2.75, 3.05) is 30.8 Å². The smallest absolute Gasteiger partial charge is 0.244 e. The summed E-state index contributed by atoms with van der Waals surface area (Å²) in [5.41, 5.74) is 3.47. The quantitative estimate of drug-likeness (QED) is 0.494. The van der Waals surface area contributed by atoms with Crippen molar-refractivity contribution in [3.63, 3.8) is 0 Å². The average molecular weight is 538 g/mol. The van der Waals surface area contributed by atoms with Crippen LogP contribution in [0.5, 0.6) is 0 Å². The molecule has 1 aliphatic carbocycles. The number of fused-ring (bicyclic) bond motifs is 3. The second kappa shape index (κ2) is 9.86. The van der Waals surface area contributed by atoms with Crippen LogP contribution in [-0.2, 0) is 32.6 Å². The number of carbonyl (C=O) groups excluding carboxylic acids is 3. The van der Waals surface area contributed by atoms with Gasteiger partial charge < -0.3 is 15.5 Å². The minimum Gasteiger partial charge on any atom is -0.325 e. The highest BCUT2D eigenvalue weighted by Crippen LogP contribution is 2.47. The summed E-state index contributed by atoms with van der Waals surface area (Å²) >= 11 is 0. The van der Waals surface area contributed by atoms with Crippen molar-refractivity contribution in [1.29, 1.82) is 0 Å². The number of anilines is 2. The highest BCUT2D eigenvalue weighted by Gasteiger charge is 2.51. The number of amides is 3. The van der Waals surface area contributed by atoms with E-state index in [1.807, 2.05) is 81.6 Å². The van der Waals surface area contributed by atoms with Gasteiger partial charge in [-0.25, -0.2) is 4.98 Å². The molecule has 40 heavy (non-hydrogen) atoms. The molecule has 8 nitrogen and oxygen atoms in total. The number of nitrogens with zero attached hydrogens (tertiary/aromatic N) is 3. The van der Waals surface area contributed by atoms with Gasteiger partial charge in [-0.3, -0.25) is 19.3 Å². The molecule has 1 spiro atoms. The van der Waals surface area contributed by atoms with Crippen LogP contribution in [0.15, 0.2) is 66.9 Å². The van der Waals surface area contributed by atoms with Crippen LogP contribution in [0, 0.1) is 0 Å². The van der Waals surface area contributed by atoms with E-state index in [1.165, 1.54) is 0 Å². The number of nitrogens with one attached hydrogen (secondary N) is 2. The van der Waals surface area contributed by atoms with E-state index in [0.29, 0.717) is 43.7 Å². The number of pyridine rings is 1. The molecule has 2 atom stereocenters. The summed E-state index contributed by atoms with van der Waals surface area (Å²) in [6.45, 7) is 4.70. The number of piperazine rings is 1. The second-order valence-corrected chi connectivity index (χ2v) is 11.3. The first kappa shape index (κ1) is 26.2. The van der Waals surface area contributed by atoms with Crippen molar-refractivity contribution in [2.45, 2.75) is 56.5 Å². The Hall–Kier alpha value is -4.04. The molecule has 0 unspecified atom stereocenters. The largest absolute Gasteiger partial charge is 0.325 e. The highest BCUT2D eigenvalue weighted by molar-refractivity contribution is 6.06. The number of benzene rings is 2. The summed E-state index contributed by atoms with van der Waals surface area (Å²) in [5.74, 6) is 0.360. The zero-order chi connectivity index (χ0) is 28.1. The van der Waals surface area contributed by atoms with Gasteiger partial charge in [0.25, 0.3) is 0 Å². The lowest BCUT2D eigenvalue weighted by Gasteiger charge is -2.51. The Balaban J connectivity index is 1.23. The van der Waals surface area contributed by atoms with Crippen LogP contribution in [0.2, 0.25) is 0 Å². The fourth-order valence-corrected chi connectivity index (χ4v) is 7.04. The number of aromatic nitrogens is 1. The Morgan fingerprint density at radius 3 is 2.52 bits per heavy atom. The summed E-state index contributed by atoms with van der Waals surface area (Å²) < 4.78 is 0. The maximum Gasteiger partial charge on any atom is 0.244 e. The molecule has 1 fully saturated rings. The van der Waals surface area contributed by atoms with Gasteiger partial charge in [0.1, 0.15) is 12.4 Å². The first-order valence-corrected chi connectivity index (χ1v) is 14.1. The summed E-state index contributed by atoms with van der Waals surface area (Å²) in [6, 6.07) is 19.4. The molecule has 2 N–H and O–H groups in total. The highest BCUT2D eigenvalue weighted by atomic mass is 16.2. The van der Waals surface area contributed by atoms with E-state index in [1.54, 1.807) is 11.1 Å². The summed E-state index contributed by atoms with van der Waals surface area (Å²) in [7, 11) is 2.01. The summed E-state index contributed by atoms with van der Waals surface area (Å²) in [4.78, 5) is 48.7. The Morgan fingerprint density at radius 2 is 1.77 bits per heavy atom. The van der Waals surface area contributed by atoms with E-state index in [0.717, 1.165) is 22.3 Å². The van der Waals surface area contributed by atoms with E-state index in [4.69, 9.17) is 0 Å². The molecule has 3 aliphatic rings. The van der Waals surface area contributed by atoms with E-state index in [-0.39, 0.29) is 30.3 Å². The standard InChI is InChI=1S/C32H35N5O3/c1-4-32(5-2)30(40)37(26(19-36(32)3)21-10-7-6-8-11-21)20-27(38)34-24-14-13-22-17-31(18-23(22)16-24)25-12-9-15-33-28(25)35-29(31)39/h6-16,26H,4-5,17-20H2,1-3H3,(H,34,38)(H,33,35,39)/t26-,31+/m0/s1. The van der Waals surface area contributed by atoms with Crippen molar-refractivity contribution >= 4 is 29.2 Å². The van der Waals surface area contributed by atoms with Crippen molar-refractivity contribution in [1.82, 2.24) is 14.8 Å². The van der Waals surface area contributed by atoms with Crippen molar-refractivity contribution in [2.24, 2.45) is 0 Å². The molecule has 206 valence electrons. The average Bonchev–Trinajstić information content (AvgIpc) is 3.48. The van der Waals surface area contributed by atoms with E-state index in [9.17, 15) is 14.4 Å². The van der Waals surface area contributed by atoms with E-state index >= 15 is 0 Å². The SMILES string of the molecule is CCC1(CC)C(=O)N(CC(=O)Nc2ccc3c(c2)C[C@@]2(C3)C(=O)Nc3ncccc32)[C@H](c2ccccc2)CN1C. The van der Waals surface area contributed by atoms with Crippen molar-refractivity contribution < 1.29 is 14.4 Å². The molecule has 0 radical (unpaired) electrons. The fourth-order valence-electron chi connectivity index (χ4n) is 7.04. The van der Waals surface area contributed by atoms with Gasteiger partial charge in [0.15, 0.2) is 0 Å². The molecule has 6 rings (SSSR count). The van der Waals surface area contributed by atoms with Crippen LogP contribution < -0.4 is 10.6 Å². The topological polar surface area (TPSA) is 94.6 Å². The normalized spacial score (nSPS) is 23.2. The molecule has 2 aromatic carbocycles. The van der Waals surface area contributed by atoms with Gasteiger partial charge in [0, 0.05) is 24.0 Å². The maximum atomic E-state index is 14.0. The number of rotatable bonds is 6. The third-order valence-corrected chi connectivity index (χ3v) is 9.35. The molecule has 1 aromatic heterocycles. The minimum absolute atomic E-state index is 0.00864. The lowest BCUT2D eigenvalue weighted by atomic mass is 9.79. The Kier molecular flexibility index (Phi) is 6.45. The zero-order valence-electron chi connectivity index (χ0n) is 23.2. The van der Waals surface area contributed by atoms with Crippen molar-refractivity contribution in [3.05, 3.63) is 89.1 Å². The molecular weight excluding hydrogens is 502 g/mol. The molecule has 3 heterocycles. The van der Waals surface area contributed by atoms with Crippen molar-refractivity contribution in [3.8, 4) is 0 Å². The Bertz CT molecular complexity index is 1480. The predicted molar refractivity (Wildman–Crippen MR) is 154 cm³/mol. The summed E-state index contributed by atoms with van der Waals surface area (Å²) in [6.07, 6.45) is 4.20. The lowest BCUT2D eigenvalue weighted by Crippen LogP contribution is -2.65. The van der Waals surface area contributed by atoms with Gasteiger partial charge in [-0.15, -0.1) is 0 Å². The Morgan fingerprint density at radius 1 is 1.02 bits per heavy atom. The third kappa shape index (κ3) is 4.01. The van der Waals surface area contributed by atoms with E-state index in [2.05, 4.69) is 20.5 Å². The van der Waals surface area contributed by atoms with Crippen LogP contribution in [0.25, 0.3) is 0 Å². The van der Waals surface area contributed by atoms with Crippen LogP contribution in [0.1, 0.15) is 55.0 Å². The second-order valence-electron chi connectivity index (χ2n) is 11.3. The lowest BCUT2D eigenvalue weighted by molar-refractivity contribution is -0.158.